The average molecular weight is 711 g/mol. The van der Waals surface area contributed by atoms with Gasteiger partial charge < -0.3 is 14.2 Å². The molecule has 0 fully saturated rings. The second-order valence-corrected chi connectivity index (χ2v) is 14.5. The monoisotopic (exact) mass is 710 g/mol. The molecule has 0 saturated heterocycles. The van der Waals surface area contributed by atoms with Gasteiger partial charge in [-0.3, -0.25) is 0 Å². The number of anilines is 6. The topological polar surface area (TPSA) is 19.6 Å². The maximum absolute atomic E-state index is 6.52. The molecule has 0 aliphatic heterocycles. The van der Waals surface area contributed by atoms with Crippen molar-refractivity contribution in [2.75, 3.05) is 9.80 Å². The lowest BCUT2D eigenvalue weighted by Gasteiger charge is -2.25. The van der Waals surface area contributed by atoms with E-state index >= 15 is 0 Å². The molecule has 2 heterocycles. The van der Waals surface area contributed by atoms with E-state index in [1.165, 1.54) is 25.7 Å². The van der Waals surface area contributed by atoms with Crippen molar-refractivity contribution in [1.29, 1.82) is 0 Å². The summed E-state index contributed by atoms with van der Waals surface area (Å²) in [4.78, 5) is 4.58. The Morgan fingerprint density at radius 3 is 1.24 bits per heavy atom. The molecule has 256 valence electrons. The maximum atomic E-state index is 6.52. The number of benzene rings is 8. The number of nitrogens with zero attached hydrogens (tertiary/aromatic N) is 2. The lowest BCUT2D eigenvalue weighted by Crippen LogP contribution is -2.09. The summed E-state index contributed by atoms with van der Waals surface area (Å²) < 4.78 is 9.07. The number of para-hydroxylation sites is 4. The van der Waals surface area contributed by atoms with Gasteiger partial charge in [0.1, 0.15) is 11.2 Å². The predicted molar refractivity (Wildman–Crippen MR) is 231 cm³/mol. The smallest absolute Gasteiger partial charge is 0.137 e. The zero-order valence-electron chi connectivity index (χ0n) is 29.3. The van der Waals surface area contributed by atoms with E-state index in [-0.39, 0.29) is 0 Å². The standard InChI is InChI=1S/C50H34N2OS/c1-5-13-37(14-6-1)51(38-15-7-2-8-16-38)41-25-29-44-43-27-23-35(31-47(43)53-48(44)33-41)21-22-36-24-28-45-46-30-26-42(34-50(46)54-49(45)32-36)52(39-17-9-3-10-18-39)40-19-11-4-12-20-40/h1-34H. The molecule has 0 aliphatic carbocycles. The number of hydrogen-bond donors (Lipinski definition) is 0. The van der Waals surface area contributed by atoms with Crippen molar-refractivity contribution in [1.82, 2.24) is 0 Å². The third-order valence-corrected chi connectivity index (χ3v) is 11.1. The summed E-state index contributed by atoms with van der Waals surface area (Å²) in [6.45, 7) is 0. The van der Waals surface area contributed by atoms with Gasteiger partial charge in [0.25, 0.3) is 0 Å². The van der Waals surface area contributed by atoms with Gasteiger partial charge in [0, 0.05) is 71.1 Å². The molecule has 0 spiro atoms. The number of hydrogen-bond acceptors (Lipinski definition) is 4. The van der Waals surface area contributed by atoms with Crippen LogP contribution in [0.4, 0.5) is 34.1 Å². The lowest BCUT2D eigenvalue weighted by atomic mass is 10.1. The molecule has 3 nitrogen and oxygen atoms in total. The van der Waals surface area contributed by atoms with E-state index in [9.17, 15) is 0 Å². The van der Waals surface area contributed by atoms with Crippen LogP contribution in [0.5, 0.6) is 0 Å². The van der Waals surface area contributed by atoms with Gasteiger partial charge in [0.05, 0.1) is 0 Å². The Balaban J connectivity index is 0.951. The van der Waals surface area contributed by atoms with Gasteiger partial charge in [-0.15, -0.1) is 11.3 Å². The molecule has 2 aromatic heterocycles. The van der Waals surface area contributed by atoms with Crippen molar-refractivity contribution in [2.45, 2.75) is 0 Å². The maximum Gasteiger partial charge on any atom is 0.137 e. The molecule has 10 aromatic rings. The summed E-state index contributed by atoms with van der Waals surface area (Å²) >= 11 is 1.84. The van der Waals surface area contributed by atoms with Gasteiger partial charge in [-0.1, -0.05) is 109 Å². The lowest BCUT2D eigenvalue weighted by molar-refractivity contribution is 0.669. The molecular formula is C50H34N2OS. The van der Waals surface area contributed by atoms with E-state index in [1.54, 1.807) is 0 Å². The summed E-state index contributed by atoms with van der Waals surface area (Å²) in [6, 6.07) is 68.7. The van der Waals surface area contributed by atoms with Crippen molar-refractivity contribution in [3.05, 3.63) is 205 Å². The Morgan fingerprint density at radius 2 is 0.722 bits per heavy atom. The number of rotatable bonds is 8. The minimum atomic E-state index is 0.870. The van der Waals surface area contributed by atoms with E-state index in [4.69, 9.17) is 4.42 Å². The van der Waals surface area contributed by atoms with Crippen molar-refractivity contribution < 1.29 is 4.42 Å². The average Bonchev–Trinajstić information content (AvgIpc) is 3.78. The zero-order chi connectivity index (χ0) is 35.8. The number of furan rings is 1. The van der Waals surface area contributed by atoms with Crippen molar-refractivity contribution in [3.8, 4) is 0 Å². The van der Waals surface area contributed by atoms with E-state index in [0.29, 0.717) is 0 Å². The van der Waals surface area contributed by atoms with Crippen LogP contribution < -0.4 is 9.80 Å². The SMILES string of the molecule is C(=Cc1ccc2c(c1)sc1cc(N(c3ccccc3)c3ccccc3)ccc12)c1ccc2c(c1)oc1cc(N(c3ccccc3)c3ccccc3)ccc12. The van der Waals surface area contributed by atoms with Crippen LogP contribution in [0.25, 0.3) is 54.3 Å². The first-order valence-electron chi connectivity index (χ1n) is 18.2. The van der Waals surface area contributed by atoms with Crippen LogP contribution in [0.2, 0.25) is 0 Å². The van der Waals surface area contributed by atoms with Gasteiger partial charge in [-0.05, 0) is 102 Å². The summed E-state index contributed by atoms with van der Waals surface area (Å²) in [6.07, 6.45) is 4.37. The fourth-order valence-corrected chi connectivity index (χ4v) is 8.63. The molecule has 0 atom stereocenters. The van der Waals surface area contributed by atoms with Gasteiger partial charge in [0.2, 0.25) is 0 Å². The van der Waals surface area contributed by atoms with Crippen molar-refractivity contribution in [3.63, 3.8) is 0 Å². The summed E-state index contributed by atoms with van der Waals surface area (Å²) in [5.41, 5.74) is 10.7. The van der Waals surface area contributed by atoms with Crippen LogP contribution >= 0.6 is 11.3 Å². The second-order valence-electron chi connectivity index (χ2n) is 13.4. The highest BCUT2D eigenvalue weighted by Gasteiger charge is 2.16. The molecule has 10 rings (SSSR count). The molecule has 0 saturated carbocycles. The van der Waals surface area contributed by atoms with Gasteiger partial charge in [-0.2, -0.15) is 0 Å². The molecule has 4 heteroatoms. The van der Waals surface area contributed by atoms with Gasteiger partial charge in [0.15, 0.2) is 0 Å². The number of thiophene rings is 1. The molecule has 0 radical (unpaired) electrons. The van der Waals surface area contributed by atoms with Crippen molar-refractivity contribution in [2.24, 2.45) is 0 Å². The minimum Gasteiger partial charge on any atom is -0.456 e. The zero-order valence-corrected chi connectivity index (χ0v) is 30.2. The molecule has 8 aromatic carbocycles. The van der Waals surface area contributed by atoms with Crippen LogP contribution in [-0.2, 0) is 0 Å². The largest absolute Gasteiger partial charge is 0.456 e. The van der Waals surface area contributed by atoms with E-state index < -0.39 is 0 Å². The van der Waals surface area contributed by atoms with Crippen LogP contribution in [0.3, 0.4) is 0 Å². The summed E-state index contributed by atoms with van der Waals surface area (Å²) in [5, 5.41) is 4.79. The molecule has 0 bridgehead atoms. The fourth-order valence-electron chi connectivity index (χ4n) is 7.45. The van der Waals surface area contributed by atoms with Crippen LogP contribution in [0, 0.1) is 0 Å². The highest BCUT2D eigenvalue weighted by molar-refractivity contribution is 7.25. The highest BCUT2D eigenvalue weighted by Crippen LogP contribution is 2.42. The highest BCUT2D eigenvalue weighted by atomic mass is 32.1. The third kappa shape index (κ3) is 5.89. The fraction of sp³-hybridized carbons (Fsp3) is 0. The van der Waals surface area contributed by atoms with Crippen molar-refractivity contribution >= 4 is 99.7 Å². The normalized spacial score (nSPS) is 11.6. The van der Waals surface area contributed by atoms with Crippen LogP contribution in [-0.4, -0.2) is 0 Å². The minimum absolute atomic E-state index is 0.870. The second kappa shape index (κ2) is 13.6. The summed E-state index contributed by atoms with van der Waals surface area (Å²) in [5.74, 6) is 0. The van der Waals surface area contributed by atoms with Crippen LogP contribution in [0.15, 0.2) is 199 Å². The van der Waals surface area contributed by atoms with Gasteiger partial charge >= 0.3 is 0 Å². The first kappa shape index (κ1) is 31.8. The predicted octanol–water partition coefficient (Wildman–Crippen LogP) is 15.1. The Bertz CT molecular complexity index is 2650. The third-order valence-electron chi connectivity index (χ3n) is 10.0. The molecule has 0 amide bonds. The molecule has 0 unspecified atom stereocenters. The molecule has 0 aliphatic rings. The quantitative estimate of drug-likeness (QED) is 0.146. The first-order chi connectivity index (χ1) is 26.7. The van der Waals surface area contributed by atoms with E-state index in [2.05, 4.69) is 204 Å². The Morgan fingerprint density at radius 1 is 0.333 bits per heavy atom. The van der Waals surface area contributed by atoms with Crippen LogP contribution in [0.1, 0.15) is 11.1 Å². The van der Waals surface area contributed by atoms with Gasteiger partial charge in [-0.25, -0.2) is 0 Å². The molecular weight excluding hydrogens is 677 g/mol. The number of fused-ring (bicyclic) bond motifs is 6. The first-order valence-corrected chi connectivity index (χ1v) is 19.0. The van der Waals surface area contributed by atoms with E-state index in [1.807, 2.05) is 23.5 Å². The van der Waals surface area contributed by atoms with E-state index in [0.717, 1.165) is 61.6 Å². The Kier molecular flexibility index (Phi) is 8.01. The molecule has 54 heavy (non-hydrogen) atoms. The Hall–Kier alpha value is -6.88. The molecule has 0 N–H and O–H groups in total. The Labute approximate surface area is 317 Å². The summed E-state index contributed by atoms with van der Waals surface area (Å²) in [7, 11) is 0.